The monoisotopic (exact) mass is 1170 g/mol. The van der Waals surface area contributed by atoms with E-state index in [1.165, 1.54) is 12.2 Å². The van der Waals surface area contributed by atoms with E-state index in [9.17, 15) is 47.1 Å². The summed E-state index contributed by atoms with van der Waals surface area (Å²) in [5.74, 6) is -2.90. The third-order valence-corrected chi connectivity index (χ3v) is 15.1. The minimum Gasteiger partial charge on any atom is -0.445 e. The van der Waals surface area contributed by atoms with Gasteiger partial charge in [0, 0.05) is 80.8 Å². The van der Waals surface area contributed by atoms with Crippen molar-refractivity contribution in [1.82, 2.24) is 45.4 Å². The highest BCUT2D eigenvalue weighted by Crippen LogP contribution is 2.40. The van der Waals surface area contributed by atoms with Crippen LogP contribution < -0.4 is 27.0 Å². The first-order valence-corrected chi connectivity index (χ1v) is 29.1. The number of alkyl carbamates (subject to hydrolysis) is 1. The number of imide groups is 1. The lowest BCUT2D eigenvalue weighted by Gasteiger charge is -2.42. The summed E-state index contributed by atoms with van der Waals surface area (Å²) in [7, 11) is 0. The van der Waals surface area contributed by atoms with Crippen molar-refractivity contribution >= 4 is 65.0 Å². The summed E-state index contributed by atoms with van der Waals surface area (Å²) < 4.78 is 52.0. The van der Waals surface area contributed by atoms with E-state index in [1.54, 1.807) is 64.4 Å². The van der Waals surface area contributed by atoms with Crippen LogP contribution in [0, 0.1) is 28.9 Å². The average molecular weight is 1170 g/mol. The van der Waals surface area contributed by atoms with Crippen molar-refractivity contribution in [2.45, 2.75) is 117 Å². The number of rotatable bonds is 29. The number of nitrogens with two attached hydrogens (primary N) is 1. The van der Waals surface area contributed by atoms with Crippen molar-refractivity contribution in [3.8, 4) is 11.4 Å². The van der Waals surface area contributed by atoms with Gasteiger partial charge in [-0.3, -0.25) is 28.9 Å². The molecule has 0 saturated carbocycles. The maximum absolute atomic E-state index is 15.3. The van der Waals surface area contributed by atoms with Gasteiger partial charge in [0.25, 0.3) is 11.8 Å². The zero-order chi connectivity index (χ0) is 60.2. The number of halogens is 3. The Bertz CT molecular complexity index is 2900. The summed E-state index contributed by atoms with van der Waals surface area (Å²) >= 11 is 1.72. The fourth-order valence-electron chi connectivity index (χ4n) is 9.75. The largest absolute Gasteiger partial charge is 0.445 e. The van der Waals surface area contributed by atoms with Crippen LogP contribution >= 0.6 is 11.8 Å². The molecule has 20 nitrogen and oxygen atoms in total. The topological polar surface area (TPSA) is 260 Å². The third kappa shape index (κ3) is 19.4. The van der Waals surface area contributed by atoms with Crippen molar-refractivity contribution in [2.24, 2.45) is 23.0 Å². The highest BCUT2D eigenvalue weighted by Gasteiger charge is 2.41. The second-order valence-electron chi connectivity index (χ2n) is 22.0. The summed E-state index contributed by atoms with van der Waals surface area (Å²) in [6.07, 6.45) is 3.41. The number of nitrogens with zero attached hydrogens (tertiary/aromatic N) is 6. The highest BCUT2D eigenvalue weighted by molar-refractivity contribution is 7.99. The molecule has 448 valence electrons. The summed E-state index contributed by atoms with van der Waals surface area (Å²) in [4.78, 5) is 113. The molecule has 3 heterocycles. The molecule has 9 amide bonds. The van der Waals surface area contributed by atoms with Gasteiger partial charge in [-0.05, 0) is 84.9 Å². The molecule has 4 atom stereocenters. The van der Waals surface area contributed by atoms with Crippen molar-refractivity contribution in [2.75, 3.05) is 56.2 Å². The van der Waals surface area contributed by atoms with Gasteiger partial charge in [-0.15, -0.1) is 0 Å². The van der Waals surface area contributed by atoms with E-state index in [-0.39, 0.29) is 105 Å². The highest BCUT2D eigenvalue weighted by atomic mass is 32.2. The van der Waals surface area contributed by atoms with Gasteiger partial charge in [-0.25, -0.2) is 37.2 Å². The number of ether oxygens (including phenoxy) is 1. The molecule has 1 saturated heterocycles. The molecule has 2 aliphatic heterocycles. The standard InChI is InChI=1S/C59H76F3N11O9S/c1-38(2)51(67-48(75)16-10-7-11-27-71-49(76)23-24-50(71)77)47(74)33-41(15-12-26-64-56(63)79)55(78)65-43-20-17-40(18-21-43)37-82-57(80)66-44(35-60)25-28-72(58(81)70-29-31-83-32-30-70)52(59(3,4)5)54-68-53(45-34-42(61)19-22-46(45)62)69-73(54)36-39-13-8-6-9-14-39/h6,8-9,13-14,17-24,34,38,41,44,51-52H,7,10-12,15-16,25-33,35-37H2,1-5H3,(H,65,78)(H,66,80)(H,67,75)(H3,63,64,79)/t41-,44+,51+,52+/m1/s1. The number of hydrogen-bond acceptors (Lipinski definition) is 12. The first kappa shape index (κ1) is 64.4. The Morgan fingerprint density at radius 2 is 1.55 bits per heavy atom. The average Bonchev–Trinajstić information content (AvgIpc) is 3.80. The number of nitrogens with one attached hydrogen (secondary N) is 4. The second kappa shape index (κ2) is 31.1. The van der Waals surface area contributed by atoms with Gasteiger partial charge in [-0.1, -0.05) is 83.5 Å². The molecule has 0 unspecified atom stereocenters. The van der Waals surface area contributed by atoms with Crippen molar-refractivity contribution in [3.05, 3.63) is 114 Å². The van der Waals surface area contributed by atoms with Crippen molar-refractivity contribution < 1.29 is 56.3 Å². The van der Waals surface area contributed by atoms with Gasteiger partial charge in [0.15, 0.2) is 17.4 Å². The summed E-state index contributed by atoms with van der Waals surface area (Å²) in [5.41, 5.74) is 6.04. The fraction of sp³-hybridized carbons (Fsp3) is 0.492. The Morgan fingerprint density at radius 1 is 0.855 bits per heavy atom. The molecular formula is C59H76F3N11O9S. The van der Waals surface area contributed by atoms with Crippen LogP contribution in [0.1, 0.15) is 109 Å². The van der Waals surface area contributed by atoms with Gasteiger partial charge >= 0.3 is 18.2 Å². The molecule has 24 heteroatoms. The number of amides is 9. The number of primary amides is 1. The Labute approximate surface area is 486 Å². The molecule has 0 spiro atoms. The van der Waals surface area contributed by atoms with Crippen LogP contribution in [-0.2, 0) is 41.9 Å². The maximum Gasteiger partial charge on any atom is 0.407 e. The van der Waals surface area contributed by atoms with Crippen LogP contribution in [0.25, 0.3) is 11.4 Å². The first-order chi connectivity index (χ1) is 39.6. The quantitative estimate of drug-likeness (QED) is 0.0255. The van der Waals surface area contributed by atoms with Crippen LogP contribution in [-0.4, -0.2) is 140 Å². The number of unbranched alkanes of at least 4 members (excludes halogenated alkanes) is 2. The van der Waals surface area contributed by atoms with Crippen LogP contribution in [0.3, 0.4) is 0 Å². The minimum absolute atomic E-state index is 0.0468. The predicted octanol–water partition coefficient (Wildman–Crippen LogP) is 8.07. The number of benzene rings is 3. The number of aromatic nitrogens is 3. The van der Waals surface area contributed by atoms with E-state index >= 15 is 4.39 Å². The fourth-order valence-corrected chi connectivity index (χ4v) is 10.7. The molecule has 0 bridgehead atoms. The lowest BCUT2D eigenvalue weighted by molar-refractivity contribution is -0.137. The number of carbonyl (C=O) groups is 8. The first-order valence-electron chi connectivity index (χ1n) is 28.0. The third-order valence-electron chi connectivity index (χ3n) is 14.1. The number of thioether (sulfide) groups is 1. The van der Waals surface area contributed by atoms with E-state index in [2.05, 4.69) is 21.3 Å². The lowest BCUT2D eigenvalue weighted by atomic mass is 9.84. The summed E-state index contributed by atoms with van der Waals surface area (Å²) in [6.45, 7) is 9.50. The van der Waals surface area contributed by atoms with E-state index < -0.39 is 65.8 Å². The number of ketones is 1. The molecule has 0 aliphatic carbocycles. The van der Waals surface area contributed by atoms with Crippen molar-refractivity contribution in [3.63, 3.8) is 0 Å². The second-order valence-corrected chi connectivity index (χ2v) is 23.2. The molecule has 6 N–H and O–H groups in total. The molecule has 1 fully saturated rings. The Kier molecular flexibility index (Phi) is 24.1. The normalized spacial score (nSPS) is 14.9. The molecular weight excluding hydrogens is 1100 g/mol. The van der Waals surface area contributed by atoms with Crippen LogP contribution in [0.5, 0.6) is 0 Å². The molecule has 0 radical (unpaired) electrons. The van der Waals surface area contributed by atoms with Crippen LogP contribution in [0.2, 0.25) is 0 Å². The van der Waals surface area contributed by atoms with Gasteiger partial charge in [0.1, 0.15) is 24.9 Å². The van der Waals surface area contributed by atoms with Crippen LogP contribution in [0.15, 0.2) is 84.9 Å². The van der Waals surface area contributed by atoms with Gasteiger partial charge in [-0.2, -0.15) is 16.9 Å². The molecule has 6 rings (SSSR count). The van der Waals surface area contributed by atoms with Crippen molar-refractivity contribution in [1.29, 1.82) is 0 Å². The molecule has 4 aromatic rings. The maximum atomic E-state index is 15.3. The van der Waals surface area contributed by atoms with Crippen LogP contribution in [0.4, 0.5) is 33.2 Å². The van der Waals surface area contributed by atoms with E-state index in [4.69, 9.17) is 20.6 Å². The predicted molar refractivity (Wildman–Crippen MR) is 308 cm³/mol. The Balaban J connectivity index is 1.08. The van der Waals surface area contributed by atoms with Gasteiger partial charge in [0.2, 0.25) is 11.8 Å². The molecule has 3 aromatic carbocycles. The van der Waals surface area contributed by atoms with E-state index in [0.29, 0.717) is 67.4 Å². The number of hydrogen-bond donors (Lipinski definition) is 5. The van der Waals surface area contributed by atoms with Gasteiger partial charge < -0.3 is 41.5 Å². The zero-order valence-electron chi connectivity index (χ0n) is 47.7. The zero-order valence-corrected chi connectivity index (χ0v) is 48.5. The Hall–Kier alpha value is -7.76. The molecule has 2 aliphatic rings. The van der Waals surface area contributed by atoms with E-state index in [1.807, 2.05) is 51.1 Å². The minimum atomic E-state index is -1.10. The summed E-state index contributed by atoms with van der Waals surface area (Å²) in [5, 5.41) is 15.4. The Morgan fingerprint density at radius 3 is 2.20 bits per heavy atom. The lowest BCUT2D eigenvalue weighted by Crippen LogP contribution is -2.52. The number of urea groups is 2. The summed E-state index contributed by atoms with van der Waals surface area (Å²) in [6, 6.07) is 14.8. The number of anilines is 1. The van der Waals surface area contributed by atoms with E-state index in [0.717, 1.165) is 28.7 Å². The smallest absolute Gasteiger partial charge is 0.407 e. The molecule has 1 aromatic heterocycles. The SMILES string of the molecule is CC(C)[C@H](NC(=O)CCCCCN1C(=O)C=CC1=O)C(=O)C[C@@H](CCCNC(N)=O)C(=O)Nc1ccc(COC(=O)N[C@H](CF)CCN(C(=O)N2CCSCC2)[C@@H](c2nc(-c3cc(F)ccc3F)nn2Cc2ccccc2)C(C)(C)C)cc1. The van der Waals surface area contributed by atoms with Gasteiger partial charge in [0.05, 0.1) is 30.2 Å². The molecule has 83 heavy (non-hydrogen) atoms. The number of carbonyl (C=O) groups excluding carboxylic acids is 8. The number of alkyl halides is 1. The number of Topliss-reactive ketones (excluding diaryl/α,β-unsaturated/α-hetero) is 1.